The van der Waals surface area contributed by atoms with Crippen LogP contribution in [0.3, 0.4) is 0 Å². The van der Waals surface area contributed by atoms with Crippen molar-refractivity contribution in [2.24, 2.45) is 10.8 Å². The molecule has 286 valence electrons. The fourth-order valence-corrected chi connectivity index (χ4v) is 12.4. The summed E-state index contributed by atoms with van der Waals surface area (Å²) in [5.41, 5.74) is 0.608. The van der Waals surface area contributed by atoms with E-state index in [0.717, 1.165) is 78.5 Å². The van der Waals surface area contributed by atoms with E-state index in [0.29, 0.717) is 10.8 Å². The van der Waals surface area contributed by atoms with Gasteiger partial charge in [0.2, 0.25) is 0 Å². The van der Waals surface area contributed by atoms with Crippen LogP contribution in [-0.4, -0.2) is 52.9 Å². The molecule has 5 aromatic heterocycles. The predicted octanol–water partition coefficient (Wildman–Crippen LogP) is 13.8. The molecule has 7 heterocycles. The molecule has 0 aliphatic carbocycles. The van der Waals surface area contributed by atoms with Gasteiger partial charge in [-0.15, -0.1) is 56.7 Å². The van der Waals surface area contributed by atoms with E-state index in [9.17, 15) is 0 Å². The van der Waals surface area contributed by atoms with Gasteiger partial charge >= 0.3 is 0 Å². The molecule has 53 heavy (non-hydrogen) atoms. The summed E-state index contributed by atoms with van der Waals surface area (Å²) < 4.78 is 22.8. The first-order valence-electron chi connectivity index (χ1n) is 19.9. The molecule has 4 nitrogen and oxygen atoms in total. The monoisotopic (exact) mass is 808 g/mol. The SMILES string of the molecule is CCC1(COCCCCCCc2ccc(-c3ccc(-c4ccc(-c5ccc(-c6ccc(CCCCCCOCC7(CC)COC7)s6)s5)s4)s3)s2)COC1. The molecule has 5 aromatic rings. The van der Waals surface area contributed by atoms with E-state index in [2.05, 4.69) is 74.5 Å². The second kappa shape index (κ2) is 19.5. The number of hydrogen-bond acceptors (Lipinski definition) is 9. The van der Waals surface area contributed by atoms with Crippen LogP contribution in [0.1, 0.15) is 87.8 Å². The lowest BCUT2D eigenvalue weighted by atomic mass is 9.84. The molecule has 2 aliphatic rings. The Morgan fingerprint density at radius 1 is 0.434 bits per heavy atom. The summed E-state index contributed by atoms with van der Waals surface area (Å²) in [5, 5.41) is 0. The minimum absolute atomic E-state index is 0.304. The first kappa shape index (κ1) is 39.6. The van der Waals surface area contributed by atoms with Crippen LogP contribution >= 0.6 is 56.7 Å². The molecule has 0 bridgehead atoms. The third-order valence-electron chi connectivity index (χ3n) is 11.0. The van der Waals surface area contributed by atoms with Crippen LogP contribution in [0, 0.1) is 10.8 Å². The molecule has 0 saturated carbocycles. The average Bonchev–Trinajstić information content (AvgIpc) is 3.98. The zero-order valence-corrected chi connectivity index (χ0v) is 35.7. The molecule has 0 spiro atoms. The lowest BCUT2D eigenvalue weighted by Gasteiger charge is -2.40. The number of unbranched alkanes of at least 4 members (excludes halogenated alkanes) is 6. The summed E-state index contributed by atoms with van der Waals surface area (Å²) >= 11 is 9.71. The van der Waals surface area contributed by atoms with Crippen molar-refractivity contribution in [2.75, 3.05) is 52.9 Å². The maximum atomic E-state index is 5.98. The normalized spacial score (nSPS) is 16.2. The third kappa shape index (κ3) is 10.6. The molecule has 0 N–H and O–H groups in total. The Morgan fingerprint density at radius 2 is 0.755 bits per heavy atom. The van der Waals surface area contributed by atoms with Crippen LogP contribution in [0.4, 0.5) is 0 Å². The minimum atomic E-state index is 0.304. The van der Waals surface area contributed by atoms with Gasteiger partial charge in [0.05, 0.1) is 39.6 Å². The van der Waals surface area contributed by atoms with Crippen LogP contribution in [-0.2, 0) is 31.8 Å². The standard InChI is InChI=1S/C44H56O4S5/c1-3-43(29-47-30-43)27-45-25-11-7-5-9-13-33-15-17-35(49-33)37-19-21-39(51-37)41-23-24-42(53-41)40-22-20-38(52-40)36-18-16-34(50-36)14-10-6-8-12-26-46-28-44(4-2)31-48-32-44/h15-24H,3-14,25-32H2,1-2H3. The van der Waals surface area contributed by atoms with Crippen LogP contribution in [0.2, 0.25) is 0 Å². The van der Waals surface area contributed by atoms with Gasteiger partial charge < -0.3 is 18.9 Å². The van der Waals surface area contributed by atoms with E-state index in [1.807, 2.05) is 56.7 Å². The van der Waals surface area contributed by atoms with E-state index in [1.165, 1.54) is 100 Å². The molecule has 7 rings (SSSR count). The summed E-state index contributed by atoms with van der Waals surface area (Å²) in [6.45, 7) is 11.5. The molecule has 0 atom stereocenters. The lowest BCUT2D eigenvalue weighted by Crippen LogP contribution is -2.45. The minimum Gasteiger partial charge on any atom is -0.381 e. The van der Waals surface area contributed by atoms with Crippen molar-refractivity contribution in [3.05, 3.63) is 70.4 Å². The van der Waals surface area contributed by atoms with Gasteiger partial charge in [-0.3, -0.25) is 0 Å². The van der Waals surface area contributed by atoms with Gasteiger partial charge in [-0.1, -0.05) is 39.5 Å². The van der Waals surface area contributed by atoms with Gasteiger partial charge in [-0.05, 0) is 112 Å². The van der Waals surface area contributed by atoms with Gasteiger partial charge in [-0.25, -0.2) is 0 Å². The Labute approximate surface area is 337 Å². The van der Waals surface area contributed by atoms with E-state index >= 15 is 0 Å². The van der Waals surface area contributed by atoms with Crippen LogP contribution < -0.4 is 0 Å². The molecular formula is C44H56O4S5. The second-order valence-electron chi connectivity index (χ2n) is 15.1. The van der Waals surface area contributed by atoms with Crippen molar-refractivity contribution in [2.45, 2.75) is 90.9 Å². The second-order valence-corrected chi connectivity index (χ2v) is 20.7. The zero-order valence-electron chi connectivity index (χ0n) is 31.6. The van der Waals surface area contributed by atoms with Crippen molar-refractivity contribution in [3.63, 3.8) is 0 Å². The molecule has 0 unspecified atom stereocenters. The van der Waals surface area contributed by atoms with Crippen LogP contribution in [0.5, 0.6) is 0 Å². The molecule has 0 amide bonds. The Morgan fingerprint density at radius 3 is 1.08 bits per heavy atom. The number of rotatable bonds is 24. The highest BCUT2D eigenvalue weighted by Crippen LogP contribution is 2.45. The first-order valence-corrected chi connectivity index (χ1v) is 23.9. The van der Waals surface area contributed by atoms with E-state index in [4.69, 9.17) is 18.9 Å². The Kier molecular flexibility index (Phi) is 14.5. The number of aryl methyl sites for hydroxylation is 2. The van der Waals surface area contributed by atoms with Crippen LogP contribution in [0.15, 0.2) is 60.7 Å². The van der Waals surface area contributed by atoms with Gasteiger partial charge in [-0.2, -0.15) is 0 Å². The van der Waals surface area contributed by atoms with Crippen molar-refractivity contribution >= 4 is 56.7 Å². The highest BCUT2D eigenvalue weighted by molar-refractivity contribution is 7.29. The van der Waals surface area contributed by atoms with Crippen LogP contribution in [0.25, 0.3) is 39.0 Å². The first-order chi connectivity index (χ1) is 26.1. The summed E-state index contributed by atoms with van der Waals surface area (Å²) in [4.78, 5) is 14.0. The smallest absolute Gasteiger partial charge is 0.0566 e. The van der Waals surface area contributed by atoms with E-state index < -0.39 is 0 Å². The van der Waals surface area contributed by atoms with Crippen molar-refractivity contribution in [1.82, 2.24) is 0 Å². The summed E-state index contributed by atoms with van der Waals surface area (Å²) in [6.07, 6.45) is 14.6. The highest BCUT2D eigenvalue weighted by Gasteiger charge is 2.37. The topological polar surface area (TPSA) is 36.9 Å². The maximum Gasteiger partial charge on any atom is 0.0566 e. The fraction of sp³-hybridized carbons (Fsp3) is 0.545. The highest BCUT2D eigenvalue weighted by atomic mass is 32.1. The molecule has 0 aromatic carbocycles. The largest absolute Gasteiger partial charge is 0.381 e. The third-order valence-corrected chi connectivity index (χ3v) is 17.3. The van der Waals surface area contributed by atoms with E-state index in [1.54, 1.807) is 0 Å². The quantitative estimate of drug-likeness (QED) is 0.0582. The molecule has 9 heteroatoms. The maximum absolute atomic E-state index is 5.98. The fourth-order valence-electron chi connectivity index (χ4n) is 6.95. The molecule has 2 fully saturated rings. The number of thiophene rings is 5. The number of ether oxygens (including phenoxy) is 4. The van der Waals surface area contributed by atoms with Crippen molar-refractivity contribution in [1.29, 1.82) is 0 Å². The lowest BCUT2D eigenvalue weighted by molar-refractivity contribution is -0.150. The summed E-state index contributed by atoms with van der Waals surface area (Å²) in [6, 6.07) is 23.2. The molecule has 0 radical (unpaired) electrons. The summed E-state index contributed by atoms with van der Waals surface area (Å²) in [5.74, 6) is 0. The Balaban J connectivity index is 0.806. The van der Waals surface area contributed by atoms with Crippen molar-refractivity contribution in [3.8, 4) is 39.0 Å². The molecule has 2 saturated heterocycles. The Bertz CT molecular complexity index is 1680. The zero-order chi connectivity index (χ0) is 36.4. The van der Waals surface area contributed by atoms with Crippen molar-refractivity contribution < 1.29 is 18.9 Å². The Hall–Kier alpha value is -1.66. The molecule has 2 aliphatic heterocycles. The average molecular weight is 809 g/mol. The van der Waals surface area contributed by atoms with Gasteiger partial charge in [0.15, 0.2) is 0 Å². The van der Waals surface area contributed by atoms with Gasteiger partial charge in [0.25, 0.3) is 0 Å². The predicted molar refractivity (Wildman–Crippen MR) is 231 cm³/mol. The molecular weight excluding hydrogens is 753 g/mol. The number of hydrogen-bond donors (Lipinski definition) is 0. The van der Waals surface area contributed by atoms with E-state index in [-0.39, 0.29) is 0 Å². The van der Waals surface area contributed by atoms with Gasteiger partial charge in [0.1, 0.15) is 0 Å². The summed E-state index contributed by atoms with van der Waals surface area (Å²) in [7, 11) is 0. The van der Waals surface area contributed by atoms with Gasteiger partial charge in [0, 0.05) is 72.8 Å².